The van der Waals surface area contributed by atoms with Crippen LogP contribution in [0.15, 0.2) is 91.0 Å². The minimum absolute atomic E-state index is 0.147. The Morgan fingerprint density at radius 1 is 0.793 bits per heavy atom. The summed E-state index contributed by atoms with van der Waals surface area (Å²) >= 11 is 0. The van der Waals surface area contributed by atoms with Crippen molar-refractivity contribution in [2.24, 2.45) is 0 Å². The molecule has 0 radical (unpaired) electrons. The van der Waals surface area contributed by atoms with Gasteiger partial charge in [-0.15, -0.1) is 0 Å². The topological polar surface area (TPSA) is 77.0 Å². The Labute approximate surface area is 171 Å². The molecule has 0 saturated carbocycles. The molecule has 0 fully saturated rings. The van der Waals surface area contributed by atoms with Crippen molar-refractivity contribution in [2.75, 3.05) is 18.5 Å². The summed E-state index contributed by atoms with van der Waals surface area (Å²) in [6, 6.07) is 20.1. The zero-order valence-electron chi connectivity index (χ0n) is 16.3. The van der Waals surface area contributed by atoms with Crippen molar-refractivity contribution in [3.63, 3.8) is 0 Å². The van der Waals surface area contributed by atoms with Gasteiger partial charge in [0.15, 0.2) is 0 Å². The molecule has 0 aliphatic heterocycles. The average Bonchev–Trinajstić information content (AvgIpc) is 2.99. The van der Waals surface area contributed by atoms with Gasteiger partial charge >= 0.3 is 0 Å². The largest absolute Gasteiger partial charge is 0.399 e. The van der Waals surface area contributed by atoms with E-state index in [4.69, 9.17) is 16.5 Å². The van der Waals surface area contributed by atoms with Crippen molar-refractivity contribution in [2.45, 2.75) is 6.04 Å². The maximum atomic E-state index is 6.03. The van der Waals surface area contributed by atoms with Gasteiger partial charge in [-0.2, -0.15) is 0 Å². The van der Waals surface area contributed by atoms with E-state index in [1.54, 1.807) is 0 Å². The van der Waals surface area contributed by atoms with Crippen LogP contribution < -0.4 is 16.8 Å². The molecule has 1 aromatic heterocycles. The lowest BCUT2D eigenvalue weighted by atomic mass is 9.99. The van der Waals surface area contributed by atoms with Gasteiger partial charge in [0.25, 0.3) is 0 Å². The summed E-state index contributed by atoms with van der Waals surface area (Å²) in [4.78, 5) is 4.96. The van der Waals surface area contributed by atoms with Crippen molar-refractivity contribution in [1.29, 1.82) is 0 Å². The molecule has 4 heteroatoms. The van der Waals surface area contributed by atoms with E-state index >= 15 is 0 Å². The number of anilines is 2. The number of pyridine rings is 1. The smallest absolute Gasteiger partial charge is 0.0716 e. The van der Waals surface area contributed by atoms with Crippen LogP contribution >= 0.6 is 0 Å². The molecule has 0 amide bonds. The van der Waals surface area contributed by atoms with E-state index in [0.29, 0.717) is 5.69 Å². The van der Waals surface area contributed by atoms with Gasteiger partial charge in [-0.25, -0.2) is 4.98 Å². The molecular weight excluding hydrogens is 356 g/mol. The number of nitrogens with one attached hydrogen (secondary N) is 1. The van der Waals surface area contributed by atoms with Crippen LogP contribution in [0.5, 0.6) is 0 Å². The third-order valence-corrected chi connectivity index (χ3v) is 4.92. The highest BCUT2D eigenvalue weighted by molar-refractivity contribution is 5.81. The summed E-state index contributed by atoms with van der Waals surface area (Å²) in [5.74, 6) is 0. The zero-order chi connectivity index (χ0) is 20.2. The molecule has 144 valence electrons. The summed E-state index contributed by atoms with van der Waals surface area (Å²) in [5, 5.41) is 3.29. The normalized spacial score (nSPS) is 15.8. The van der Waals surface area contributed by atoms with Crippen molar-refractivity contribution in [1.82, 2.24) is 10.3 Å². The van der Waals surface area contributed by atoms with Gasteiger partial charge in [0.2, 0.25) is 0 Å². The molecule has 29 heavy (non-hydrogen) atoms. The number of nitrogen functional groups attached to an aromatic ring is 2. The van der Waals surface area contributed by atoms with Gasteiger partial charge in [0, 0.05) is 23.0 Å². The summed E-state index contributed by atoms with van der Waals surface area (Å²) in [7, 11) is 1.95. The van der Waals surface area contributed by atoms with Gasteiger partial charge in [-0.1, -0.05) is 54.6 Å². The number of allylic oxidation sites excluding steroid dienone is 4. The third kappa shape index (κ3) is 4.28. The fourth-order valence-corrected chi connectivity index (χ4v) is 3.41. The van der Waals surface area contributed by atoms with Crippen LogP contribution in [0.3, 0.4) is 0 Å². The number of benzene rings is 2. The van der Waals surface area contributed by atoms with Crippen LogP contribution in [0.2, 0.25) is 0 Å². The van der Waals surface area contributed by atoms with Crippen LogP contribution in [0.25, 0.3) is 28.0 Å². The number of hydrogen-bond donors (Lipinski definition) is 3. The van der Waals surface area contributed by atoms with Crippen molar-refractivity contribution in [3.05, 3.63) is 96.7 Å². The first-order chi connectivity index (χ1) is 14.1. The Morgan fingerprint density at radius 3 is 2.21 bits per heavy atom. The van der Waals surface area contributed by atoms with E-state index in [-0.39, 0.29) is 6.04 Å². The van der Waals surface area contributed by atoms with Gasteiger partial charge in [0.05, 0.1) is 11.4 Å². The first-order valence-electron chi connectivity index (χ1n) is 9.60. The van der Waals surface area contributed by atoms with Crippen LogP contribution in [-0.2, 0) is 0 Å². The molecule has 3 aromatic rings. The Balaban J connectivity index is 1.90. The van der Waals surface area contributed by atoms with E-state index in [9.17, 15) is 0 Å². The van der Waals surface area contributed by atoms with Crippen LogP contribution in [0.4, 0.5) is 11.4 Å². The maximum Gasteiger partial charge on any atom is 0.0716 e. The molecule has 1 atom stereocenters. The molecule has 0 saturated heterocycles. The first-order valence-corrected chi connectivity index (χ1v) is 9.60. The summed E-state index contributed by atoms with van der Waals surface area (Å²) < 4.78 is 0. The maximum absolute atomic E-state index is 6.03. The molecule has 4 rings (SSSR count). The number of nitrogens with two attached hydrogens (primary N) is 2. The number of likely N-dealkylation sites (N-methyl/N-ethyl adjacent to an activating group) is 1. The Hall–Kier alpha value is -3.63. The molecule has 1 aliphatic rings. The molecule has 5 N–H and O–H groups in total. The molecule has 2 aromatic carbocycles. The van der Waals surface area contributed by atoms with Crippen LogP contribution in [0, 0.1) is 0 Å². The monoisotopic (exact) mass is 380 g/mol. The lowest BCUT2D eigenvalue weighted by Crippen LogP contribution is -2.19. The zero-order valence-corrected chi connectivity index (χ0v) is 16.3. The highest BCUT2D eigenvalue weighted by Crippen LogP contribution is 2.31. The van der Waals surface area contributed by atoms with E-state index in [1.165, 1.54) is 0 Å². The second-order valence-corrected chi connectivity index (χ2v) is 7.06. The van der Waals surface area contributed by atoms with Crippen LogP contribution in [-0.4, -0.2) is 18.1 Å². The van der Waals surface area contributed by atoms with Gasteiger partial charge in [-0.05, 0) is 60.1 Å². The minimum atomic E-state index is 0.147. The van der Waals surface area contributed by atoms with E-state index in [0.717, 1.165) is 39.3 Å². The number of hydrogen-bond acceptors (Lipinski definition) is 4. The first kappa shape index (κ1) is 18.7. The lowest BCUT2D eigenvalue weighted by Gasteiger charge is -2.13. The average molecular weight is 380 g/mol. The standard InChI is InChI=1S/C25H24N4/c1-28-23-11-3-2-6-19(14-23)25-16-20(17-7-4-9-21(26)12-17)15-24(29-25)18-8-5-10-22(27)13-18/h2-16,23,28H,26-27H2,1H3. The summed E-state index contributed by atoms with van der Waals surface area (Å²) in [6.07, 6.45) is 10.5. The van der Waals surface area contributed by atoms with Crippen molar-refractivity contribution >= 4 is 16.9 Å². The number of rotatable bonds is 4. The van der Waals surface area contributed by atoms with Crippen LogP contribution in [0.1, 0.15) is 5.69 Å². The number of aromatic nitrogens is 1. The molecule has 1 heterocycles. The highest BCUT2D eigenvalue weighted by atomic mass is 14.8. The van der Waals surface area contributed by atoms with E-state index in [2.05, 4.69) is 41.7 Å². The Kier molecular flexibility index (Phi) is 5.27. The molecule has 1 aliphatic carbocycles. The lowest BCUT2D eigenvalue weighted by molar-refractivity contribution is 0.792. The van der Waals surface area contributed by atoms with E-state index < -0.39 is 0 Å². The predicted octanol–water partition coefficient (Wildman–Crippen LogP) is 4.68. The highest BCUT2D eigenvalue weighted by Gasteiger charge is 2.12. The summed E-state index contributed by atoms with van der Waals surface area (Å²) in [5.41, 5.74) is 19.4. The van der Waals surface area contributed by atoms with Gasteiger partial charge in [0.1, 0.15) is 0 Å². The van der Waals surface area contributed by atoms with Crippen molar-refractivity contribution < 1.29 is 0 Å². The van der Waals surface area contributed by atoms with Gasteiger partial charge in [-0.3, -0.25) is 0 Å². The Morgan fingerprint density at radius 2 is 1.48 bits per heavy atom. The molecule has 0 spiro atoms. The van der Waals surface area contributed by atoms with Gasteiger partial charge < -0.3 is 16.8 Å². The fraction of sp³-hybridized carbons (Fsp3) is 0.0800. The van der Waals surface area contributed by atoms with Crippen molar-refractivity contribution in [3.8, 4) is 22.4 Å². The fourth-order valence-electron chi connectivity index (χ4n) is 3.41. The van der Waals surface area contributed by atoms with E-state index in [1.807, 2.05) is 61.7 Å². The second-order valence-electron chi connectivity index (χ2n) is 7.06. The SMILES string of the molecule is CNC1C=CC=CC(c2cc(-c3cccc(N)c3)cc(-c3cccc(N)c3)n2)=C1. The predicted molar refractivity (Wildman–Crippen MR) is 123 cm³/mol. The molecule has 0 bridgehead atoms. The molecule has 4 nitrogen and oxygen atoms in total. The second kappa shape index (κ2) is 8.17. The third-order valence-electron chi connectivity index (χ3n) is 4.92. The number of nitrogens with zero attached hydrogens (tertiary/aromatic N) is 1. The minimum Gasteiger partial charge on any atom is -0.399 e. The quantitative estimate of drug-likeness (QED) is 0.575. The molecule has 1 unspecified atom stereocenters. The Bertz CT molecular complexity index is 1060. The molecular formula is C25H24N4. The summed E-state index contributed by atoms with van der Waals surface area (Å²) in [6.45, 7) is 0.